The summed E-state index contributed by atoms with van der Waals surface area (Å²) in [5.41, 5.74) is -1.02. The molecule has 25 heavy (non-hydrogen) atoms. The number of H-pyrrole nitrogens is 1. The lowest BCUT2D eigenvalue weighted by atomic mass is 10.1. The van der Waals surface area contributed by atoms with E-state index in [4.69, 9.17) is 9.47 Å². The molecule has 0 spiro atoms. The summed E-state index contributed by atoms with van der Waals surface area (Å²) in [5, 5.41) is 11.1. The Labute approximate surface area is 140 Å². The standard InChI is InChI=1S/C17H14N2O6/c1-24-13-6-4-10(8-14(13)25-2)19-15(20)11-5-3-9(16(21)22)7-12(11)18-17(19)23/h3-8H,1-2H3,(H,18,23)(H,21,22)/p-1. The zero-order valence-corrected chi connectivity index (χ0v) is 13.4. The molecule has 0 saturated heterocycles. The predicted molar refractivity (Wildman–Crippen MR) is 87.6 cm³/mol. The number of benzene rings is 2. The van der Waals surface area contributed by atoms with Gasteiger partial charge in [-0.25, -0.2) is 9.36 Å². The third-order valence-corrected chi connectivity index (χ3v) is 3.76. The molecule has 8 heteroatoms. The highest BCUT2D eigenvalue weighted by molar-refractivity contribution is 5.91. The van der Waals surface area contributed by atoms with Gasteiger partial charge in [-0.2, -0.15) is 0 Å². The molecule has 0 saturated carbocycles. The zero-order chi connectivity index (χ0) is 18.1. The summed E-state index contributed by atoms with van der Waals surface area (Å²) in [4.78, 5) is 38.5. The van der Waals surface area contributed by atoms with Crippen LogP contribution in [0.25, 0.3) is 16.6 Å². The van der Waals surface area contributed by atoms with Gasteiger partial charge in [-0.15, -0.1) is 0 Å². The van der Waals surface area contributed by atoms with E-state index in [0.717, 1.165) is 4.57 Å². The van der Waals surface area contributed by atoms with Crippen molar-refractivity contribution in [3.63, 3.8) is 0 Å². The molecule has 0 bridgehead atoms. The Hall–Kier alpha value is -3.55. The number of carboxylic acids is 1. The van der Waals surface area contributed by atoms with Gasteiger partial charge in [0.25, 0.3) is 5.56 Å². The number of carboxylic acid groups (broad SMARTS) is 1. The number of methoxy groups -OCH3 is 2. The van der Waals surface area contributed by atoms with Crippen molar-refractivity contribution in [2.45, 2.75) is 0 Å². The number of hydrogen-bond donors (Lipinski definition) is 1. The monoisotopic (exact) mass is 341 g/mol. The lowest BCUT2D eigenvalue weighted by molar-refractivity contribution is -0.255. The number of aromatic amines is 1. The molecule has 3 aromatic rings. The minimum atomic E-state index is -1.40. The van der Waals surface area contributed by atoms with E-state index in [1.165, 1.54) is 38.5 Å². The number of carbonyl (C=O) groups is 1. The molecule has 3 rings (SSSR count). The van der Waals surface area contributed by atoms with Gasteiger partial charge in [0.05, 0.1) is 36.8 Å². The second-order valence-corrected chi connectivity index (χ2v) is 5.16. The van der Waals surface area contributed by atoms with E-state index in [9.17, 15) is 19.5 Å². The van der Waals surface area contributed by atoms with Crippen LogP contribution in [0, 0.1) is 0 Å². The van der Waals surface area contributed by atoms with Gasteiger partial charge in [0.2, 0.25) is 0 Å². The molecule has 1 heterocycles. The van der Waals surface area contributed by atoms with E-state index in [0.29, 0.717) is 11.5 Å². The molecule has 128 valence electrons. The Balaban J connectivity index is 2.27. The van der Waals surface area contributed by atoms with E-state index in [-0.39, 0.29) is 22.2 Å². The molecule has 0 unspecified atom stereocenters. The van der Waals surface area contributed by atoms with Crippen LogP contribution >= 0.6 is 0 Å². The molecule has 1 aromatic heterocycles. The zero-order valence-electron chi connectivity index (χ0n) is 13.4. The van der Waals surface area contributed by atoms with E-state index < -0.39 is 17.2 Å². The number of rotatable bonds is 4. The smallest absolute Gasteiger partial charge is 0.333 e. The molecule has 8 nitrogen and oxygen atoms in total. The summed E-state index contributed by atoms with van der Waals surface area (Å²) in [6.07, 6.45) is 0. The maximum atomic E-state index is 12.7. The summed E-state index contributed by atoms with van der Waals surface area (Å²) in [6.45, 7) is 0. The minimum absolute atomic E-state index is 0.119. The first-order valence-electron chi connectivity index (χ1n) is 7.19. The molecule has 0 amide bonds. The predicted octanol–water partition coefficient (Wildman–Crippen LogP) is 0.0597. The maximum absolute atomic E-state index is 12.7. The van der Waals surface area contributed by atoms with Crippen molar-refractivity contribution in [3.05, 3.63) is 62.8 Å². The van der Waals surface area contributed by atoms with Crippen LogP contribution in [-0.2, 0) is 0 Å². The number of nitrogens with one attached hydrogen (secondary N) is 1. The maximum Gasteiger partial charge on any atom is 0.333 e. The number of carbonyl (C=O) groups excluding carboxylic acids is 1. The van der Waals surface area contributed by atoms with Gasteiger partial charge in [0.1, 0.15) is 0 Å². The van der Waals surface area contributed by atoms with E-state index in [2.05, 4.69) is 4.98 Å². The van der Waals surface area contributed by atoms with Crippen LogP contribution in [0.15, 0.2) is 46.0 Å². The van der Waals surface area contributed by atoms with Gasteiger partial charge >= 0.3 is 5.69 Å². The van der Waals surface area contributed by atoms with Crippen molar-refractivity contribution in [2.75, 3.05) is 14.2 Å². The Morgan fingerprint density at radius 1 is 1.04 bits per heavy atom. The summed E-state index contributed by atoms with van der Waals surface area (Å²) < 4.78 is 11.2. The van der Waals surface area contributed by atoms with Gasteiger partial charge < -0.3 is 24.4 Å². The third kappa shape index (κ3) is 2.74. The molecular weight excluding hydrogens is 328 g/mol. The van der Waals surface area contributed by atoms with Crippen LogP contribution in [0.3, 0.4) is 0 Å². The number of hydrogen-bond acceptors (Lipinski definition) is 6. The van der Waals surface area contributed by atoms with Crippen LogP contribution in [0.5, 0.6) is 11.5 Å². The molecule has 2 aromatic carbocycles. The average Bonchev–Trinajstić information content (AvgIpc) is 2.60. The first-order valence-corrected chi connectivity index (χ1v) is 7.19. The fourth-order valence-electron chi connectivity index (χ4n) is 2.54. The highest BCUT2D eigenvalue weighted by Gasteiger charge is 2.13. The van der Waals surface area contributed by atoms with Crippen LogP contribution in [0.4, 0.5) is 0 Å². The van der Waals surface area contributed by atoms with Crippen LogP contribution < -0.4 is 25.8 Å². The number of nitrogens with zero attached hydrogens (tertiary/aromatic N) is 1. The second-order valence-electron chi connectivity index (χ2n) is 5.16. The van der Waals surface area contributed by atoms with Crippen LogP contribution in [-0.4, -0.2) is 29.7 Å². The van der Waals surface area contributed by atoms with E-state index in [1.54, 1.807) is 12.1 Å². The highest BCUT2D eigenvalue weighted by Crippen LogP contribution is 2.28. The van der Waals surface area contributed by atoms with Gasteiger partial charge in [0.15, 0.2) is 11.5 Å². The first-order chi connectivity index (χ1) is 12.0. The molecule has 0 atom stereocenters. The van der Waals surface area contributed by atoms with Gasteiger partial charge in [-0.1, -0.05) is 6.07 Å². The summed E-state index contributed by atoms with van der Waals surface area (Å²) in [7, 11) is 2.91. The lowest BCUT2D eigenvalue weighted by Crippen LogP contribution is -2.33. The minimum Gasteiger partial charge on any atom is -0.545 e. The summed E-state index contributed by atoms with van der Waals surface area (Å²) in [6, 6.07) is 8.37. The number of ether oxygens (including phenoxy) is 2. The molecule has 0 aliphatic heterocycles. The second kappa shape index (κ2) is 6.16. The first kappa shape index (κ1) is 16.3. The highest BCUT2D eigenvalue weighted by atomic mass is 16.5. The van der Waals surface area contributed by atoms with Crippen LogP contribution in [0.2, 0.25) is 0 Å². The molecule has 0 aliphatic carbocycles. The van der Waals surface area contributed by atoms with Crippen molar-refractivity contribution in [2.24, 2.45) is 0 Å². The quantitative estimate of drug-likeness (QED) is 0.718. The van der Waals surface area contributed by atoms with Crippen molar-refractivity contribution in [3.8, 4) is 17.2 Å². The van der Waals surface area contributed by atoms with Crippen molar-refractivity contribution in [1.82, 2.24) is 9.55 Å². The Kier molecular flexibility index (Phi) is 4.02. The fraction of sp³-hybridized carbons (Fsp3) is 0.118. The Morgan fingerprint density at radius 3 is 2.40 bits per heavy atom. The largest absolute Gasteiger partial charge is 0.545 e. The van der Waals surface area contributed by atoms with Gasteiger partial charge in [-0.3, -0.25) is 4.79 Å². The van der Waals surface area contributed by atoms with Crippen molar-refractivity contribution in [1.29, 1.82) is 0 Å². The Morgan fingerprint density at radius 2 is 1.76 bits per heavy atom. The van der Waals surface area contributed by atoms with Crippen molar-refractivity contribution < 1.29 is 19.4 Å². The molecule has 0 radical (unpaired) electrons. The fourth-order valence-corrected chi connectivity index (χ4v) is 2.54. The average molecular weight is 341 g/mol. The van der Waals surface area contributed by atoms with Crippen molar-refractivity contribution >= 4 is 16.9 Å². The van der Waals surface area contributed by atoms with E-state index in [1.807, 2.05) is 0 Å². The summed E-state index contributed by atoms with van der Waals surface area (Å²) >= 11 is 0. The SMILES string of the molecule is COc1ccc(-n2c(=O)[nH]c3cc(C(=O)[O-])ccc3c2=O)cc1OC. The molecule has 0 aliphatic rings. The molecular formula is C17H13N2O6-. The van der Waals surface area contributed by atoms with Gasteiger partial charge in [-0.05, 0) is 29.8 Å². The summed E-state index contributed by atoms with van der Waals surface area (Å²) in [5.74, 6) is -0.583. The number of aromatic carboxylic acids is 1. The van der Waals surface area contributed by atoms with E-state index >= 15 is 0 Å². The third-order valence-electron chi connectivity index (χ3n) is 3.76. The normalized spacial score (nSPS) is 10.6. The topological polar surface area (TPSA) is 113 Å². The van der Waals surface area contributed by atoms with Crippen LogP contribution in [0.1, 0.15) is 10.4 Å². The van der Waals surface area contributed by atoms with Gasteiger partial charge in [0, 0.05) is 6.07 Å². The molecule has 0 fully saturated rings. The Bertz CT molecular complexity index is 1100. The number of aromatic nitrogens is 2. The lowest BCUT2D eigenvalue weighted by Gasteiger charge is -2.11. The number of fused-ring (bicyclic) bond motifs is 1. The molecule has 1 N–H and O–H groups in total.